The van der Waals surface area contributed by atoms with Gasteiger partial charge in [0.05, 0.1) is 5.69 Å². The third-order valence-electron chi connectivity index (χ3n) is 3.97. The molecule has 0 radical (unpaired) electrons. The molecule has 1 aliphatic heterocycles. The van der Waals surface area contributed by atoms with Gasteiger partial charge >= 0.3 is 0 Å². The highest BCUT2D eigenvalue weighted by atomic mass is 32.2. The summed E-state index contributed by atoms with van der Waals surface area (Å²) in [5.41, 5.74) is 2.11. The monoisotopic (exact) mass is 326 g/mol. The van der Waals surface area contributed by atoms with Crippen LogP contribution in [0.4, 0.5) is 0 Å². The summed E-state index contributed by atoms with van der Waals surface area (Å²) >= 11 is 0. The van der Waals surface area contributed by atoms with Gasteiger partial charge in [0.1, 0.15) is 0 Å². The number of pyridine rings is 1. The second-order valence-electron chi connectivity index (χ2n) is 6.15. The molecule has 2 rings (SSSR count). The first-order chi connectivity index (χ1) is 10.4. The highest BCUT2D eigenvalue weighted by Crippen LogP contribution is 2.18. The highest BCUT2D eigenvalue weighted by molar-refractivity contribution is 7.87. The number of rotatable bonds is 6. The first kappa shape index (κ1) is 17.3. The Morgan fingerprint density at radius 2 is 2.18 bits per heavy atom. The third-order valence-corrected chi connectivity index (χ3v) is 5.46. The van der Waals surface area contributed by atoms with Crippen molar-refractivity contribution in [2.45, 2.75) is 26.3 Å². The molecule has 1 N–H and O–H groups in total. The molecule has 6 nitrogen and oxygen atoms in total. The summed E-state index contributed by atoms with van der Waals surface area (Å²) < 4.78 is 27.4. The van der Waals surface area contributed by atoms with Gasteiger partial charge in [-0.25, -0.2) is 4.72 Å². The van der Waals surface area contributed by atoms with Gasteiger partial charge in [0.2, 0.25) is 0 Å². The minimum absolute atomic E-state index is 0.355. The molecular formula is C15H26N4O2S. The van der Waals surface area contributed by atoms with Crippen molar-refractivity contribution in [1.82, 2.24) is 18.9 Å². The zero-order valence-corrected chi connectivity index (χ0v) is 14.4. The molecule has 1 unspecified atom stereocenters. The number of aryl methyl sites for hydroxylation is 1. The zero-order chi connectivity index (χ0) is 16.2. The van der Waals surface area contributed by atoms with E-state index < -0.39 is 10.2 Å². The molecule has 1 atom stereocenters. The fourth-order valence-electron chi connectivity index (χ4n) is 2.73. The molecule has 1 saturated heterocycles. The Bertz CT molecular complexity index is 589. The predicted octanol–water partition coefficient (Wildman–Crippen LogP) is 0.998. The Morgan fingerprint density at radius 3 is 2.86 bits per heavy atom. The molecule has 0 saturated carbocycles. The number of hydrogen-bond acceptors (Lipinski definition) is 4. The van der Waals surface area contributed by atoms with Crippen LogP contribution in [0, 0.1) is 12.8 Å². The van der Waals surface area contributed by atoms with Crippen LogP contribution < -0.4 is 4.72 Å². The lowest BCUT2D eigenvalue weighted by atomic mass is 9.98. The lowest BCUT2D eigenvalue weighted by Crippen LogP contribution is -2.43. The summed E-state index contributed by atoms with van der Waals surface area (Å²) in [4.78, 5) is 6.90. The zero-order valence-electron chi connectivity index (χ0n) is 13.6. The van der Waals surface area contributed by atoms with Crippen molar-refractivity contribution in [3.63, 3.8) is 0 Å². The van der Waals surface area contributed by atoms with E-state index in [1.54, 1.807) is 14.1 Å². The normalized spacial score (nSPS) is 20.5. The summed E-state index contributed by atoms with van der Waals surface area (Å²) in [6.45, 7) is 5.29. The van der Waals surface area contributed by atoms with Gasteiger partial charge in [-0.15, -0.1) is 0 Å². The first-order valence-electron chi connectivity index (χ1n) is 7.69. The molecule has 0 aromatic carbocycles. The number of nitrogens with zero attached hydrogens (tertiary/aromatic N) is 3. The van der Waals surface area contributed by atoms with E-state index >= 15 is 0 Å². The summed E-state index contributed by atoms with van der Waals surface area (Å²) in [5.74, 6) is 0.355. The minimum Gasteiger partial charge on any atom is -0.297 e. The molecule has 2 heterocycles. The van der Waals surface area contributed by atoms with Gasteiger partial charge in [-0.1, -0.05) is 6.07 Å². The van der Waals surface area contributed by atoms with Gasteiger partial charge in [0.15, 0.2) is 0 Å². The van der Waals surface area contributed by atoms with Crippen LogP contribution in [-0.4, -0.2) is 56.3 Å². The minimum atomic E-state index is -3.33. The van der Waals surface area contributed by atoms with Gasteiger partial charge in [-0.3, -0.25) is 9.88 Å². The topological polar surface area (TPSA) is 65.5 Å². The number of nitrogens with one attached hydrogen (secondary N) is 1. The maximum atomic E-state index is 11.8. The summed E-state index contributed by atoms with van der Waals surface area (Å²) in [5, 5.41) is 0. The van der Waals surface area contributed by atoms with Gasteiger partial charge in [-0.05, 0) is 44.4 Å². The van der Waals surface area contributed by atoms with Crippen molar-refractivity contribution in [2.75, 3.05) is 33.7 Å². The number of hydrogen-bond donors (Lipinski definition) is 1. The Kier molecular flexibility index (Phi) is 5.91. The van der Waals surface area contributed by atoms with E-state index in [2.05, 4.69) is 14.6 Å². The fraction of sp³-hybridized carbons (Fsp3) is 0.667. The van der Waals surface area contributed by atoms with E-state index in [0.29, 0.717) is 12.5 Å². The SMILES string of the molecule is Cc1cccc(CN2CCCC(CNS(=O)(=O)N(C)C)C2)n1. The number of aromatic nitrogens is 1. The maximum Gasteiger partial charge on any atom is 0.278 e. The van der Waals surface area contributed by atoms with Crippen molar-refractivity contribution in [3.8, 4) is 0 Å². The quantitative estimate of drug-likeness (QED) is 0.847. The second kappa shape index (κ2) is 7.50. The van der Waals surface area contributed by atoms with Crippen LogP contribution in [0.15, 0.2) is 18.2 Å². The third kappa shape index (κ3) is 5.01. The molecule has 1 fully saturated rings. The second-order valence-corrected chi connectivity index (χ2v) is 8.12. The van der Waals surface area contributed by atoms with Crippen molar-refractivity contribution in [2.24, 2.45) is 5.92 Å². The summed E-state index contributed by atoms with van der Waals surface area (Å²) in [6, 6.07) is 6.08. The molecule has 0 amide bonds. The van der Waals surface area contributed by atoms with Crippen molar-refractivity contribution < 1.29 is 8.42 Å². The van der Waals surface area contributed by atoms with Crippen LogP contribution in [0.25, 0.3) is 0 Å². The fourth-order valence-corrected chi connectivity index (χ4v) is 3.43. The Balaban J connectivity index is 1.87. The molecule has 1 aliphatic rings. The Hall–Kier alpha value is -1.02. The number of piperidine rings is 1. The molecule has 124 valence electrons. The van der Waals surface area contributed by atoms with Crippen molar-refractivity contribution in [1.29, 1.82) is 0 Å². The predicted molar refractivity (Wildman–Crippen MR) is 87.6 cm³/mol. The lowest BCUT2D eigenvalue weighted by molar-refractivity contribution is 0.167. The van der Waals surface area contributed by atoms with E-state index in [-0.39, 0.29) is 0 Å². The van der Waals surface area contributed by atoms with Gasteiger partial charge < -0.3 is 0 Å². The van der Waals surface area contributed by atoms with Crippen LogP contribution in [-0.2, 0) is 16.8 Å². The average molecular weight is 326 g/mol. The van der Waals surface area contributed by atoms with Gasteiger partial charge in [0.25, 0.3) is 10.2 Å². The lowest BCUT2D eigenvalue weighted by Gasteiger charge is -2.32. The first-order valence-corrected chi connectivity index (χ1v) is 9.13. The standard InChI is InChI=1S/C15H26N4O2S/c1-13-6-4-8-15(17-13)12-19-9-5-7-14(11-19)10-16-22(20,21)18(2)3/h4,6,8,14,16H,5,7,9-12H2,1-3H3. The van der Waals surface area contributed by atoms with Gasteiger partial charge in [-0.2, -0.15) is 12.7 Å². The molecule has 1 aromatic rings. The Labute approximate surface area is 133 Å². The van der Waals surface area contributed by atoms with Crippen molar-refractivity contribution in [3.05, 3.63) is 29.6 Å². The molecule has 22 heavy (non-hydrogen) atoms. The van der Waals surface area contributed by atoms with E-state index in [4.69, 9.17) is 0 Å². The van der Waals surface area contributed by atoms with E-state index in [0.717, 1.165) is 43.9 Å². The number of likely N-dealkylation sites (tertiary alicyclic amines) is 1. The van der Waals surface area contributed by atoms with E-state index in [9.17, 15) is 8.42 Å². The Morgan fingerprint density at radius 1 is 1.41 bits per heavy atom. The summed E-state index contributed by atoms with van der Waals surface area (Å²) in [6.07, 6.45) is 2.16. The van der Waals surface area contributed by atoms with Crippen LogP contribution in [0.1, 0.15) is 24.2 Å². The summed E-state index contributed by atoms with van der Waals surface area (Å²) in [7, 11) is -0.246. The molecule has 7 heteroatoms. The van der Waals surface area contributed by atoms with E-state index in [1.165, 1.54) is 4.31 Å². The van der Waals surface area contributed by atoms with Gasteiger partial charge in [0, 0.05) is 39.4 Å². The van der Waals surface area contributed by atoms with Crippen LogP contribution in [0.2, 0.25) is 0 Å². The average Bonchev–Trinajstić information content (AvgIpc) is 2.45. The molecular weight excluding hydrogens is 300 g/mol. The molecule has 1 aromatic heterocycles. The van der Waals surface area contributed by atoms with Crippen molar-refractivity contribution >= 4 is 10.2 Å². The van der Waals surface area contributed by atoms with Crippen LogP contribution in [0.5, 0.6) is 0 Å². The smallest absolute Gasteiger partial charge is 0.278 e. The maximum absolute atomic E-state index is 11.8. The van der Waals surface area contributed by atoms with Crippen LogP contribution in [0.3, 0.4) is 0 Å². The molecule has 0 aliphatic carbocycles. The van der Waals surface area contributed by atoms with Crippen LogP contribution >= 0.6 is 0 Å². The largest absolute Gasteiger partial charge is 0.297 e. The molecule has 0 spiro atoms. The van der Waals surface area contributed by atoms with E-state index in [1.807, 2.05) is 25.1 Å². The molecule has 0 bridgehead atoms. The highest BCUT2D eigenvalue weighted by Gasteiger charge is 2.22.